The van der Waals surface area contributed by atoms with E-state index in [1.54, 1.807) is 17.0 Å². The van der Waals surface area contributed by atoms with Gasteiger partial charge in [-0.3, -0.25) is 10.2 Å². The number of methoxy groups -OCH3 is 1. The fourth-order valence-electron chi connectivity index (χ4n) is 0.793. The zero-order chi connectivity index (χ0) is 9.14. The van der Waals surface area contributed by atoms with Crippen LogP contribution in [0.5, 0.6) is 0 Å². The molecule has 0 saturated heterocycles. The van der Waals surface area contributed by atoms with Crippen molar-refractivity contribution >= 4 is 41.3 Å². The number of hydrogen-bond acceptors (Lipinski definition) is 4. The van der Waals surface area contributed by atoms with E-state index in [1.807, 2.05) is 0 Å². The van der Waals surface area contributed by atoms with Crippen molar-refractivity contribution < 1.29 is 9.53 Å². The summed E-state index contributed by atoms with van der Waals surface area (Å²) in [5, 5.41) is 9.16. The van der Waals surface area contributed by atoms with E-state index in [-0.39, 0.29) is 36.4 Å². The first-order valence-electron chi connectivity index (χ1n) is 3.40. The molecule has 13 heavy (non-hydrogen) atoms. The molecule has 1 N–H and O–H groups in total. The molecule has 0 atom stereocenters. The maximum absolute atomic E-state index is 10.9. The van der Waals surface area contributed by atoms with Crippen molar-refractivity contribution in [2.24, 2.45) is 7.05 Å². The van der Waals surface area contributed by atoms with E-state index < -0.39 is 0 Å². The Labute approximate surface area is 97.1 Å². The van der Waals surface area contributed by atoms with Gasteiger partial charge in [-0.1, -0.05) is 0 Å². The number of hydrogen-bond donors (Lipinski definition) is 1. The minimum Gasteiger partial charge on any atom is -0.469 e. The van der Waals surface area contributed by atoms with Gasteiger partial charge >= 0.3 is 5.97 Å². The van der Waals surface area contributed by atoms with Gasteiger partial charge in [0.1, 0.15) is 0 Å². The Kier molecular flexibility index (Phi) is 5.23. The van der Waals surface area contributed by atoms with Gasteiger partial charge in [-0.15, -0.1) is 35.3 Å². The largest absolute Gasteiger partial charge is 0.469 e. The lowest BCUT2D eigenvalue weighted by Crippen LogP contribution is -2.14. The zero-order valence-electron chi connectivity index (χ0n) is 7.36. The lowest BCUT2D eigenvalue weighted by atomic mass is 10.3. The average Bonchev–Trinajstić information content (AvgIpc) is 2.36. The number of nitrogens with zero attached hydrogens (tertiary/aromatic N) is 1. The standard InChI is InChI=1S/C7H10N2O2S.HI/c1-9-5(3-6(10)11-2)4-12-7(9)8;/h4,8H,3H2,1-2H3;1H. The minimum absolute atomic E-state index is 0. The fraction of sp³-hybridized carbons (Fsp3) is 0.429. The molecule has 1 rings (SSSR count). The Bertz CT molecular complexity index is 345. The molecular formula is C7H11IN2O2S. The fourth-order valence-corrected chi connectivity index (χ4v) is 1.56. The van der Waals surface area contributed by atoms with Gasteiger partial charge in [0.2, 0.25) is 0 Å². The molecule has 4 nitrogen and oxygen atoms in total. The van der Waals surface area contributed by atoms with Gasteiger partial charge in [0.15, 0.2) is 4.80 Å². The van der Waals surface area contributed by atoms with Gasteiger partial charge in [-0.05, 0) is 0 Å². The molecular weight excluding hydrogens is 303 g/mol. The van der Waals surface area contributed by atoms with Gasteiger partial charge in [0, 0.05) is 18.1 Å². The number of aromatic nitrogens is 1. The highest BCUT2D eigenvalue weighted by Crippen LogP contribution is 2.01. The summed E-state index contributed by atoms with van der Waals surface area (Å²) in [5.41, 5.74) is 0.817. The first kappa shape index (κ1) is 12.6. The molecule has 1 aromatic rings. The van der Waals surface area contributed by atoms with Crippen LogP contribution in [0.25, 0.3) is 0 Å². The van der Waals surface area contributed by atoms with Crippen LogP contribution in [0.3, 0.4) is 0 Å². The van der Waals surface area contributed by atoms with Crippen molar-refractivity contribution in [1.29, 1.82) is 5.41 Å². The average molecular weight is 314 g/mol. The van der Waals surface area contributed by atoms with E-state index in [4.69, 9.17) is 5.41 Å². The molecule has 0 aliphatic rings. The summed E-state index contributed by atoms with van der Waals surface area (Å²) >= 11 is 1.31. The number of ether oxygens (including phenoxy) is 1. The van der Waals surface area contributed by atoms with Crippen molar-refractivity contribution in [2.45, 2.75) is 6.42 Å². The van der Waals surface area contributed by atoms with Gasteiger partial charge in [-0.2, -0.15) is 0 Å². The molecule has 0 saturated carbocycles. The van der Waals surface area contributed by atoms with Crippen molar-refractivity contribution in [3.63, 3.8) is 0 Å². The maximum atomic E-state index is 10.9. The normalized spacial score (nSPS) is 9.08. The van der Waals surface area contributed by atoms with E-state index in [2.05, 4.69) is 4.74 Å². The molecule has 1 aromatic heterocycles. The first-order valence-corrected chi connectivity index (χ1v) is 4.28. The highest BCUT2D eigenvalue weighted by Gasteiger charge is 2.06. The summed E-state index contributed by atoms with van der Waals surface area (Å²) < 4.78 is 6.18. The van der Waals surface area contributed by atoms with E-state index >= 15 is 0 Å². The highest BCUT2D eigenvalue weighted by molar-refractivity contribution is 14.0. The minimum atomic E-state index is -0.275. The van der Waals surface area contributed by atoms with Crippen LogP contribution in [0.4, 0.5) is 0 Å². The number of rotatable bonds is 2. The summed E-state index contributed by atoms with van der Waals surface area (Å²) in [6, 6.07) is 0. The number of halogens is 1. The quantitative estimate of drug-likeness (QED) is 0.651. The van der Waals surface area contributed by atoms with Gasteiger partial charge in [0.25, 0.3) is 0 Å². The van der Waals surface area contributed by atoms with Crippen molar-refractivity contribution in [3.05, 3.63) is 15.9 Å². The Balaban J connectivity index is 0.00000144. The van der Waals surface area contributed by atoms with Gasteiger partial charge < -0.3 is 9.30 Å². The summed E-state index contributed by atoms with van der Waals surface area (Å²) in [7, 11) is 3.12. The van der Waals surface area contributed by atoms with Gasteiger partial charge in [0.05, 0.1) is 13.5 Å². The summed E-state index contributed by atoms with van der Waals surface area (Å²) in [5.74, 6) is -0.275. The molecule has 0 unspecified atom stereocenters. The molecule has 0 fully saturated rings. The molecule has 0 aliphatic carbocycles. The predicted octanol–water partition coefficient (Wildman–Crippen LogP) is 0.900. The third kappa shape index (κ3) is 3.11. The van der Waals surface area contributed by atoms with Crippen LogP contribution < -0.4 is 4.80 Å². The number of carbonyl (C=O) groups excluding carboxylic acids is 1. The van der Waals surface area contributed by atoms with E-state index in [9.17, 15) is 4.79 Å². The topological polar surface area (TPSA) is 55.1 Å². The molecule has 74 valence electrons. The van der Waals surface area contributed by atoms with Crippen molar-refractivity contribution in [2.75, 3.05) is 7.11 Å². The predicted molar refractivity (Wildman–Crippen MR) is 60.3 cm³/mol. The SMILES string of the molecule is COC(=O)Cc1csc(=N)n1C.I. The van der Waals surface area contributed by atoms with Crippen LogP contribution in [-0.4, -0.2) is 17.6 Å². The maximum Gasteiger partial charge on any atom is 0.311 e. The summed E-state index contributed by atoms with van der Waals surface area (Å²) in [6.07, 6.45) is 0.238. The van der Waals surface area contributed by atoms with E-state index in [0.29, 0.717) is 4.80 Å². The number of nitrogens with one attached hydrogen (secondary N) is 1. The summed E-state index contributed by atoms with van der Waals surface area (Å²) in [6.45, 7) is 0. The number of thiazole rings is 1. The van der Waals surface area contributed by atoms with Crippen molar-refractivity contribution in [3.8, 4) is 0 Å². The monoisotopic (exact) mass is 314 g/mol. The molecule has 0 amide bonds. The van der Waals surface area contributed by atoms with Crippen LogP contribution >= 0.6 is 35.3 Å². The lowest BCUT2D eigenvalue weighted by Gasteiger charge is -1.99. The van der Waals surface area contributed by atoms with Crippen LogP contribution in [0, 0.1) is 5.41 Å². The first-order chi connectivity index (χ1) is 5.65. The molecule has 0 bridgehead atoms. The molecule has 6 heteroatoms. The molecule has 0 spiro atoms. The third-order valence-electron chi connectivity index (χ3n) is 1.60. The Morgan fingerprint density at radius 3 is 2.77 bits per heavy atom. The van der Waals surface area contributed by atoms with Crippen LogP contribution in [0.1, 0.15) is 5.69 Å². The smallest absolute Gasteiger partial charge is 0.311 e. The second kappa shape index (κ2) is 5.38. The summed E-state index contributed by atoms with van der Waals surface area (Å²) in [4.78, 5) is 11.3. The van der Waals surface area contributed by atoms with Crippen LogP contribution in [0.15, 0.2) is 5.38 Å². The Morgan fingerprint density at radius 1 is 1.77 bits per heavy atom. The zero-order valence-corrected chi connectivity index (χ0v) is 10.5. The molecule has 0 aromatic carbocycles. The lowest BCUT2D eigenvalue weighted by molar-refractivity contribution is -0.139. The molecule has 1 heterocycles. The number of esters is 1. The molecule has 0 radical (unpaired) electrons. The second-order valence-electron chi connectivity index (χ2n) is 2.34. The van der Waals surface area contributed by atoms with E-state index in [1.165, 1.54) is 18.4 Å². The third-order valence-corrected chi connectivity index (χ3v) is 2.48. The van der Waals surface area contributed by atoms with Crippen LogP contribution in [-0.2, 0) is 23.0 Å². The molecule has 0 aliphatic heterocycles. The highest BCUT2D eigenvalue weighted by atomic mass is 127. The Hall–Kier alpha value is -0.370. The van der Waals surface area contributed by atoms with E-state index in [0.717, 1.165) is 5.69 Å². The van der Waals surface area contributed by atoms with Gasteiger partial charge in [-0.25, -0.2) is 0 Å². The Morgan fingerprint density at radius 2 is 2.38 bits per heavy atom. The second-order valence-corrected chi connectivity index (χ2v) is 3.20. The van der Waals surface area contributed by atoms with Crippen LogP contribution in [0.2, 0.25) is 0 Å². The number of carbonyl (C=O) groups is 1. The van der Waals surface area contributed by atoms with Crippen molar-refractivity contribution in [1.82, 2.24) is 4.57 Å².